The molecule has 0 radical (unpaired) electrons. The predicted molar refractivity (Wildman–Crippen MR) is 114 cm³/mol. The van der Waals surface area contributed by atoms with Gasteiger partial charge in [0.15, 0.2) is 0 Å². The molecule has 0 aromatic rings. The molecule has 28 heavy (non-hydrogen) atoms. The first-order valence-electron chi connectivity index (χ1n) is 11.5. The summed E-state index contributed by atoms with van der Waals surface area (Å²) in [6.45, 7) is 4.28. The minimum absolute atomic E-state index is 0. The van der Waals surface area contributed by atoms with Gasteiger partial charge >= 0.3 is 29.6 Å². The Morgan fingerprint density at radius 3 is 1.43 bits per heavy atom. The second kappa shape index (κ2) is 21.1. The standard InChI is InChI=1S/C22H46O4S.Na/c1-3-5-6-7-12-15-19-22(27(24,25)26)20-16-13-10-8-9-11-14-18-21(23)17-4-2;/h21-23H,3-20H2,1-2H3,(H,24,25,26);/q;+1/p-1. The second-order valence-electron chi connectivity index (χ2n) is 8.17. The number of hydrogen-bond donors (Lipinski definition) is 1. The van der Waals surface area contributed by atoms with Crippen LogP contribution in [0, 0.1) is 0 Å². The van der Waals surface area contributed by atoms with Crippen molar-refractivity contribution in [1.29, 1.82) is 0 Å². The second-order valence-corrected chi connectivity index (χ2v) is 9.82. The minimum Gasteiger partial charge on any atom is -0.748 e. The van der Waals surface area contributed by atoms with Crippen LogP contribution in [0.4, 0.5) is 0 Å². The number of rotatable bonds is 20. The molecule has 0 bridgehead atoms. The summed E-state index contributed by atoms with van der Waals surface area (Å²) in [5.74, 6) is 0. The third kappa shape index (κ3) is 20.2. The maximum absolute atomic E-state index is 11.5. The van der Waals surface area contributed by atoms with Gasteiger partial charge in [-0.3, -0.25) is 0 Å². The summed E-state index contributed by atoms with van der Waals surface area (Å²) >= 11 is 0. The number of aliphatic hydroxyl groups excluding tert-OH is 1. The monoisotopic (exact) mass is 428 g/mol. The van der Waals surface area contributed by atoms with Crippen LogP contribution >= 0.6 is 0 Å². The Morgan fingerprint density at radius 1 is 0.643 bits per heavy atom. The SMILES string of the molecule is CCCCCCCCC(CCCCCCCCCC(O)CCC)S(=O)(=O)[O-].[Na+]. The number of hydrogen-bond acceptors (Lipinski definition) is 4. The van der Waals surface area contributed by atoms with Crippen LogP contribution in [0.15, 0.2) is 0 Å². The summed E-state index contributed by atoms with van der Waals surface area (Å²) in [7, 11) is -4.15. The Hall–Kier alpha value is 0.870. The molecule has 0 aliphatic heterocycles. The van der Waals surface area contributed by atoms with Crippen LogP contribution in [0.1, 0.15) is 129 Å². The molecule has 0 aliphatic rings. The predicted octanol–water partition coefficient (Wildman–Crippen LogP) is 3.33. The third-order valence-corrected chi connectivity index (χ3v) is 6.76. The van der Waals surface area contributed by atoms with E-state index in [0.717, 1.165) is 77.0 Å². The Balaban J connectivity index is 0. The van der Waals surface area contributed by atoms with Gasteiger partial charge in [0.1, 0.15) is 0 Å². The molecular weight excluding hydrogens is 383 g/mol. The van der Waals surface area contributed by atoms with Gasteiger partial charge in [0, 0.05) is 5.25 Å². The first kappa shape index (κ1) is 31.1. The summed E-state index contributed by atoms with van der Waals surface area (Å²) < 4.78 is 34.4. The van der Waals surface area contributed by atoms with Crippen LogP contribution in [0.2, 0.25) is 0 Å². The van der Waals surface area contributed by atoms with Crippen molar-refractivity contribution in [1.82, 2.24) is 0 Å². The van der Waals surface area contributed by atoms with Gasteiger partial charge in [0.2, 0.25) is 0 Å². The van der Waals surface area contributed by atoms with E-state index in [1.54, 1.807) is 0 Å². The first-order chi connectivity index (χ1) is 12.9. The summed E-state index contributed by atoms with van der Waals surface area (Å²) in [6, 6.07) is 0. The van der Waals surface area contributed by atoms with Crippen LogP contribution in [0.5, 0.6) is 0 Å². The average molecular weight is 429 g/mol. The Kier molecular flexibility index (Phi) is 23.4. The zero-order chi connectivity index (χ0) is 20.4. The van der Waals surface area contributed by atoms with E-state index >= 15 is 0 Å². The molecule has 2 atom stereocenters. The molecule has 4 nitrogen and oxygen atoms in total. The molecule has 0 amide bonds. The van der Waals surface area contributed by atoms with Crippen molar-refractivity contribution in [3.63, 3.8) is 0 Å². The molecule has 0 aromatic carbocycles. The average Bonchev–Trinajstić information content (AvgIpc) is 2.60. The van der Waals surface area contributed by atoms with Crippen LogP contribution in [-0.2, 0) is 10.1 Å². The molecule has 0 saturated carbocycles. The van der Waals surface area contributed by atoms with Crippen molar-refractivity contribution in [2.45, 2.75) is 141 Å². The quantitative estimate of drug-likeness (QED) is 0.183. The molecular formula is C22H45NaO4S. The Bertz CT molecular complexity index is 415. The van der Waals surface area contributed by atoms with E-state index in [1.165, 1.54) is 25.7 Å². The fourth-order valence-corrected chi connectivity index (χ4v) is 4.61. The van der Waals surface area contributed by atoms with Gasteiger partial charge in [-0.25, -0.2) is 8.42 Å². The van der Waals surface area contributed by atoms with Crippen molar-refractivity contribution in [2.75, 3.05) is 0 Å². The zero-order valence-electron chi connectivity index (χ0n) is 19.0. The van der Waals surface area contributed by atoms with Gasteiger partial charge in [-0.2, -0.15) is 0 Å². The van der Waals surface area contributed by atoms with E-state index in [9.17, 15) is 18.1 Å². The maximum atomic E-state index is 11.5. The van der Waals surface area contributed by atoms with E-state index in [4.69, 9.17) is 0 Å². The number of unbranched alkanes of at least 4 members (excludes halogenated alkanes) is 11. The molecule has 0 rings (SSSR count). The minimum atomic E-state index is -4.15. The molecule has 2 unspecified atom stereocenters. The van der Waals surface area contributed by atoms with E-state index in [1.807, 2.05) is 0 Å². The molecule has 1 N–H and O–H groups in total. The van der Waals surface area contributed by atoms with Crippen LogP contribution in [-0.4, -0.2) is 29.4 Å². The fraction of sp³-hybridized carbons (Fsp3) is 1.00. The summed E-state index contributed by atoms with van der Waals surface area (Å²) in [5.41, 5.74) is 0. The van der Waals surface area contributed by atoms with Gasteiger partial charge in [-0.1, -0.05) is 104 Å². The third-order valence-electron chi connectivity index (χ3n) is 5.47. The van der Waals surface area contributed by atoms with Gasteiger partial charge in [0.25, 0.3) is 0 Å². The Labute approximate surface area is 197 Å². The van der Waals surface area contributed by atoms with Crippen LogP contribution in [0.3, 0.4) is 0 Å². The molecule has 0 saturated heterocycles. The van der Waals surface area contributed by atoms with Crippen LogP contribution in [0.25, 0.3) is 0 Å². The number of aliphatic hydroxyl groups is 1. The molecule has 0 aromatic heterocycles. The molecule has 164 valence electrons. The van der Waals surface area contributed by atoms with E-state index < -0.39 is 15.4 Å². The molecule has 0 spiro atoms. The largest absolute Gasteiger partial charge is 1.00 e. The van der Waals surface area contributed by atoms with Crippen LogP contribution < -0.4 is 29.6 Å². The molecule has 6 heteroatoms. The van der Waals surface area contributed by atoms with Gasteiger partial charge in [0.05, 0.1) is 16.2 Å². The first-order valence-corrected chi connectivity index (χ1v) is 13.0. The molecule has 0 fully saturated rings. The molecule has 0 aliphatic carbocycles. The zero-order valence-corrected chi connectivity index (χ0v) is 21.8. The van der Waals surface area contributed by atoms with Crippen molar-refractivity contribution in [2.24, 2.45) is 0 Å². The van der Waals surface area contributed by atoms with Crippen molar-refractivity contribution in [3.05, 3.63) is 0 Å². The fourth-order valence-electron chi connectivity index (χ4n) is 3.70. The molecule has 0 heterocycles. The van der Waals surface area contributed by atoms with Crippen molar-refractivity contribution in [3.8, 4) is 0 Å². The van der Waals surface area contributed by atoms with Crippen molar-refractivity contribution >= 4 is 10.1 Å². The normalized spacial score (nSPS) is 13.9. The Morgan fingerprint density at radius 2 is 1.04 bits per heavy atom. The maximum Gasteiger partial charge on any atom is 1.00 e. The van der Waals surface area contributed by atoms with Gasteiger partial charge in [-0.05, 0) is 25.7 Å². The summed E-state index contributed by atoms with van der Waals surface area (Å²) in [6.07, 6.45) is 18.1. The summed E-state index contributed by atoms with van der Waals surface area (Å²) in [5, 5.41) is 9.00. The summed E-state index contributed by atoms with van der Waals surface area (Å²) in [4.78, 5) is 0. The topological polar surface area (TPSA) is 77.4 Å². The van der Waals surface area contributed by atoms with Gasteiger partial charge < -0.3 is 9.66 Å². The van der Waals surface area contributed by atoms with E-state index in [0.29, 0.717) is 12.8 Å². The van der Waals surface area contributed by atoms with Gasteiger partial charge in [-0.15, -0.1) is 0 Å². The van der Waals surface area contributed by atoms with Crippen molar-refractivity contribution < 1.29 is 47.6 Å². The van der Waals surface area contributed by atoms with E-state index in [2.05, 4.69) is 13.8 Å². The van der Waals surface area contributed by atoms with E-state index in [-0.39, 0.29) is 35.7 Å². The smallest absolute Gasteiger partial charge is 0.748 e.